The predicted molar refractivity (Wildman–Crippen MR) is 68.9 cm³/mol. The van der Waals surface area contributed by atoms with Gasteiger partial charge in [-0.1, -0.05) is 5.16 Å². The molecule has 0 amide bonds. The van der Waals surface area contributed by atoms with Gasteiger partial charge in [0.1, 0.15) is 5.76 Å². The van der Waals surface area contributed by atoms with E-state index in [9.17, 15) is 13.2 Å². The van der Waals surface area contributed by atoms with Crippen molar-refractivity contribution in [3.05, 3.63) is 17.5 Å². The van der Waals surface area contributed by atoms with Crippen LogP contribution in [0.2, 0.25) is 0 Å². The van der Waals surface area contributed by atoms with E-state index in [1.807, 2.05) is 0 Å². The van der Waals surface area contributed by atoms with Gasteiger partial charge in [-0.15, -0.1) is 0 Å². The number of aryl methyl sites for hydroxylation is 1. The fraction of sp³-hybridized carbons (Fsp3) is 0.636. The van der Waals surface area contributed by atoms with E-state index in [0.29, 0.717) is 24.3 Å². The van der Waals surface area contributed by atoms with Crippen molar-refractivity contribution in [2.75, 3.05) is 13.1 Å². The first-order valence-electron chi connectivity index (χ1n) is 6.28. The van der Waals surface area contributed by atoms with Crippen molar-refractivity contribution in [3.63, 3.8) is 0 Å². The second-order valence-electron chi connectivity index (χ2n) is 4.77. The summed E-state index contributed by atoms with van der Waals surface area (Å²) in [6.07, 6.45) is 0.665. The molecule has 0 radical (unpaired) electrons. The van der Waals surface area contributed by atoms with E-state index in [1.165, 1.54) is 4.31 Å². The van der Waals surface area contributed by atoms with Crippen LogP contribution in [0.1, 0.15) is 24.3 Å². The molecule has 0 atom stereocenters. The summed E-state index contributed by atoms with van der Waals surface area (Å²) in [5.41, 5.74) is 0.506. The standard InChI is InChI=1S/C11H17N3O5S/c1-8-6-10(13-19-8)7-12-20(17,18)14-4-2-9(3-5-14)11(15)16/h6,9,12H,2-5,7H2,1H3,(H,15,16). The summed E-state index contributed by atoms with van der Waals surface area (Å²) in [6, 6.07) is 1.65. The van der Waals surface area contributed by atoms with Gasteiger partial charge in [-0.3, -0.25) is 4.79 Å². The summed E-state index contributed by atoms with van der Waals surface area (Å²) in [5.74, 6) is -0.714. The number of hydrogen-bond donors (Lipinski definition) is 2. The number of carboxylic acid groups (broad SMARTS) is 1. The Morgan fingerprint density at radius 3 is 2.70 bits per heavy atom. The molecule has 8 nitrogen and oxygen atoms in total. The average Bonchev–Trinajstić information content (AvgIpc) is 2.82. The molecule has 9 heteroatoms. The first-order chi connectivity index (χ1) is 9.38. The van der Waals surface area contributed by atoms with Crippen LogP contribution >= 0.6 is 0 Å². The highest BCUT2D eigenvalue weighted by atomic mass is 32.2. The smallest absolute Gasteiger partial charge is 0.306 e. The second-order valence-corrected chi connectivity index (χ2v) is 6.52. The Bertz CT molecular complexity index is 575. The van der Waals surface area contributed by atoms with E-state index in [0.717, 1.165) is 0 Å². The minimum absolute atomic E-state index is 0.0541. The largest absolute Gasteiger partial charge is 0.481 e. The lowest BCUT2D eigenvalue weighted by Gasteiger charge is -2.29. The monoisotopic (exact) mass is 303 g/mol. The second kappa shape index (κ2) is 5.90. The van der Waals surface area contributed by atoms with Crippen LogP contribution in [-0.2, 0) is 21.5 Å². The Balaban J connectivity index is 1.89. The van der Waals surface area contributed by atoms with E-state index in [2.05, 4.69) is 9.88 Å². The van der Waals surface area contributed by atoms with Crippen LogP contribution in [0.25, 0.3) is 0 Å². The number of nitrogens with zero attached hydrogens (tertiary/aromatic N) is 2. The normalized spacial score (nSPS) is 18.2. The number of hydrogen-bond acceptors (Lipinski definition) is 5. The van der Waals surface area contributed by atoms with Crippen LogP contribution in [0.5, 0.6) is 0 Å². The van der Waals surface area contributed by atoms with E-state index in [4.69, 9.17) is 9.63 Å². The first-order valence-corrected chi connectivity index (χ1v) is 7.72. The molecule has 1 aliphatic rings. The summed E-state index contributed by atoms with van der Waals surface area (Å²) < 4.78 is 32.6. The van der Waals surface area contributed by atoms with Crippen LogP contribution < -0.4 is 4.72 Å². The first kappa shape index (κ1) is 14.9. The van der Waals surface area contributed by atoms with Crippen LogP contribution in [0.3, 0.4) is 0 Å². The molecule has 1 aromatic rings. The molecule has 2 heterocycles. The number of carbonyl (C=O) groups is 1. The molecule has 1 aromatic heterocycles. The fourth-order valence-electron chi connectivity index (χ4n) is 2.10. The number of nitrogens with one attached hydrogen (secondary N) is 1. The van der Waals surface area contributed by atoms with Gasteiger partial charge in [0, 0.05) is 19.2 Å². The molecule has 0 spiro atoms. The number of aromatic nitrogens is 1. The Labute approximate surface area is 116 Å². The van der Waals surface area contributed by atoms with Crippen LogP contribution in [0.15, 0.2) is 10.6 Å². The van der Waals surface area contributed by atoms with Crippen LogP contribution in [-0.4, -0.2) is 42.0 Å². The van der Waals surface area contributed by atoms with Gasteiger partial charge in [0.2, 0.25) is 0 Å². The van der Waals surface area contributed by atoms with Gasteiger partial charge in [-0.2, -0.15) is 17.4 Å². The minimum Gasteiger partial charge on any atom is -0.481 e. The number of rotatable bonds is 5. The third-order valence-electron chi connectivity index (χ3n) is 3.26. The van der Waals surface area contributed by atoms with Crippen LogP contribution in [0, 0.1) is 12.8 Å². The topological polar surface area (TPSA) is 113 Å². The zero-order chi connectivity index (χ0) is 14.8. The third kappa shape index (κ3) is 3.56. The lowest BCUT2D eigenvalue weighted by molar-refractivity contribution is -0.142. The van der Waals surface area contributed by atoms with Gasteiger partial charge < -0.3 is 9.63 Å². The van der Waals surface area contributed by atoms with Gasteiger partial charge in [0.15, 0.2) is 0 Å². The predicted octanol–water partition coefficient (Wildman–Crippen LogP) is 0.114. The van der Waals surface area contributed by atoms with Crippen molar-refractivity contribution in [2.45, 2.75) is 26.3 Å². The van der Waals surface area contributed by atoms with E-state index >= 15 is 0 Å². The zero-order valence-electron chi connectivity index (χ0n) is 11.1. The van der Waals surface area contributed by atoms with E-state index in [-0.39, 0.29) is 19.6 Å². The van der Waals surface area contributed by atoms with Crippen molar-refractivity contribution in [1.29, 1.82) is 0 Å². The Morgan fingerprint density at radius 2 is 2.20 bits per heavy atom. The Kier molecular flexibility index (Phi) is 4.41. The van der Waals surface area contributed by atoms with Gasteiger partial charge in [0.05, 0.1) is 18.2 Å². The summed E-state index contributed by atoms with van der Waals surface area (Å²) >= 11 is 0. The van der Waals surface area contributed by atoms with Crippen LogP contribution in [0.4, 0.5) is 0 Å². The van der Waals surface area contributed by atoms with Gasteiger partial charge in [0.25, 0.3) is 10.2 Å². The molecule has 0 bridgehead atoms. The van der Waals surface area contributed by atoms with Crippen molar-refractivity contribution >= 4 is 16.2 Å². The fourth-order valence-corrected chi connectivity index (χ4v) is 3.31. The SMILES string of the molecule is Cc1cc(CNS(=O)(=O)N2CCC(C(=O)O)CC2)no1. The summed E-state index contributed by atoms with van der Waals surface area (Å²) in [4.78, 5) is 10.8. The lowest BCUT2D eigenvalue weighted by atomic mass is 9.99. The average molecular weight is 303 g/mol. The van der Waals surface area contributed by atoms with Gasteiger partial charge in [-0.25, -0.2) is 0 Å². The highest BCUT2D eigenvalue weighted by Crippen LogP contribution is 2.19. The van der Waals surface area contributed by atoms with Gasteiger partial charge >= 0.3 is 5.97 Å². The zero-order valence-corrected chi connectivity index (χ0v) is 11.9. The van der Waals surface area contributed by atoms with Crippen molar-refractivity contribution in [2.24, 2.45) is 5.92 Å². The molecule has 112 valence electrons. The molecular formula is C11H17N3O5S. The number of carboxylic acids is 1. The molecule has 0 aliphatic carbocycles. The number of piperidine rings is 1. The molecule has 0 saturated carbocycles. The molecule has 1 aliphatic heterocycles. The van der Waals surface area contributed by atoms with E-state index in [1.54, 1.807) is 13.0 Å². The quantitative estimate of drug-likeness (QED) is 0.798. The molecule has 1 fully saturated rings. The highest BCUT2D eigenvalue weighted by molar-refractivity contribution is 7.87. The molecule has 1 saturated heterocycles. The number of aliphatic carboxylic acids is 1. The summed E-state index contributed by atoms with van der Waals surface area (Å²) in [6.45, 7) is 2.20. The third-order valence-corrected chi connectivity index (χ3v) is 4.81. The maximum Gasteiger partial charge on any atom is 0.306 e. The molecule has 0 unspecified atom stereocenters. The summed E-state index contributed by atoms with van der Waals surface area (Å²) in [7, 11) is -3.61. The lowest BCUT2D eigenvalue weighted by Crippen LogP contribution is -2.45. The van der Waals surface area contributed by atoms with E-state index < -0.39 is 22.1 Å². The molecule has 2 N–H and O–H groups in total. The van der Waals surface area contributed by atoms with Crippen molar-refractivity contribution in [3.8, 4) is 0 Å². The highest BCUT2D eigenvalue weighted by Gasteiger charge is 2.30. The molecule has 0 aromatic carbocycles. The Morgan fingerprint density at radius 1 is 1.55 bits per heavy atom. The summed E-state index contributed by atoms with van der Waals surface area (Å²) in [5, 5.41) is 12.6. The van der Waals surface area contributed by atoms with Crippen molar-refractivity contribution < 1.29 is 22.8 Å². The minimum atomic E-state index is -3.61. The van der Waals surface area contributed by atoms with Crippen molar-refractivity contribution in [1.82, 2.24) is 14.2 Å². The van der Waals surface area contributed by atoms with Gasteiger partial charge in [-0.05, 0) is 19.8 Å². The molecular weight excluding hydrogens is 286 g/mol. The molecule has 20 heavy (non-hydrogen) atoms. The molecule has 2 rings (SSSR count). The Hall–Kier alpha value is -1.45. The maximum atomic E-state index is 12.1. The maximum absolute atomic E-state index is 12.1.